The third kappa shape index (κ3) is 3.48. The summed E-state index contributed by atoms with van der Waals surface area (Å²) in [6.45, 7) is 2.51. The highest BCUT2D eigenvalue weighted by Gasteiger charge is 2.36. The summed E-state index contributed by atoms with van der Waals surface area (Å²) in [5.74, 6) is 0.864. The fourth-order valence-electron chi connectivity index (χ4n) is 3.02. The molecule has 2 rings (SSSR count). The lowest BCUT2D eigenvalue weighted by Gasteiger charge is -2.26. The van der Waals surface area contributed by atoms with Crippen molar-refractivity contribution in [3.8, 4) is 0 Å². The zero-order chi connectivity index (χ0) is 14.5. The van der Waals surface area contributed by atoms with E-state index in [-0.39, 0.29) is 6.10 Å². The number of carbonyl (C=O) groups is 1. The van der Waals surface area contributed by atoms with Gasteiger partial charge in [-0.05, 0) is 47.9 Å². The second-order valence-corrected chi connectivity index (χ2v) is 6.34. The Hall–Kier alpha value is -0.710. The minimum absolute atomic E-state index is 0.0692. The Balaban J connectivity index is 2.17. The van der Waals surface area contributed by atoms with Crippen molar-refractivity contribution < 1.29 is 14.3 Å². The number of methoxy groups -OCH3 is 1. The predicted molar refractivity (Wildman–Crippen MR) is 81.5 cm³/mol. The molecule has 0 fully saturated rings. The summed E-state index contributed by atoms with van der Waals surface area (Å²) in [5.41, 5.74) is 2.59. The molecule has 3 unspecified atom stereocenters. The molecule has 0 N–H and O–H groups in total. The Morgan fingerprint density at radius 1 is 1.50 bits per heavy atom. The summed E-state index contributed by atoms with van der Waals surface area (Å²) in [7, 11) is 1.64. The van der Waals surface area contributed by atoms with Crippen LogP contribution in [0.3, 0.4) is 0 Å². The van der Waals surface area contributed by atoms with Crippen molar-refractivity contribution in [3.05, 3.63) is 33.8 Å². The van der Waals surface area contributed by atoms with E-state index in [1.165, 1.54) is 11.1 Å². The summed E-state index contributed by atoms with van der Waals surface area (Å²) in [5, 5.41) is 0. The first-order valence-electron chi connectivity index (χ1n) is 7.00. The lowest BCUT2D eigenvalue weighted by Crippen LogP contribution is -2.20. The van der Waals surface area contributed by atoms with Crippen molar-refractivity contribution >= 4 is 22.2 Å². The van der Waals surface area contributed by atoms with Gasteiger partial charge in [-0.3, -0.25) is 0 Å². The van der Waals surface area contributed by atoms with Gasteiger partial charge in [-0.15, -0.1) is 0 Å². The molecule has 1 aromatic carbocycles. The van der Waals surface area contributed by atoms with Gasteiger partial charge in [0.05, 0.1) is 6.10 Å². The van der Waals surface area contributed by atoms with Gasteiger partial charge in [0.25, 0.3) is 0 Å². The molecule has 0 bridgehead atoms. The fraction of sp³-hybridized carbons (Fsp3) is 0.562. The van der Waals surface area contributed by atoms with Crippen LogP contribution in [0.2, 0.25) is 0 Å². The maximum Gasteiger partial charge on any atom is 0.147 e. The molecule has 0 amide bonds. The molecule has 4 heteroatoms. The lowest BCUT2D eigenvalue weighted by atomic mass is 9.86. The third-order valence-electron chi connectivity index (χ3n) is 4.09. The first-order valence-corrected chi connectivity index (χ1v) is 7.79. The van der Waals surface area contributed by atoms with E-state index in [0.29, 0.717) is 25.0 Å². The van der Waals surface area contributed by atoms with E-state index < -0.39 is 0 Å². The van der Waals surface area contributed by atoms with E-state index in [1.807, 2.05) is 0 Å². The van der Waals surface area contributed by atoms with Crippen LogP contribution >= 0.6 is 15.9 Å². The van der Waals surface area contributed by atoms with Crippen LogP contribution in [0.15, 0.2) is 22.7 Å². The molecular weight excluding hydrogens is 320 g/mol. The van der Waals surface area contributed by atoms with E-state index >= 15 is 0 Å². The molecule has 0 heterocycles. The van der Waals surface area contributed by atoms with E-state index in [1.54, 1.807) is 7.11 Å². The number of rotatable bonds is 7. The number of carbonyl (C=O) groups excluding carboxylic acids is 1. The number of hydrogen-bond donors (Lipinski definition) is 0. The molecule has 1 aromatic rings. The molecule has 1 aliphatic rings. The average molecular weight is 341 g/mol. The van der Waals surface area contributed by atoms with Crippen LogP contribution in [0.25, 0.3) is 0 Å². The van der Waals surface area contributed by atoms with Crippen molar-refractivity contribution in [2.75, 3.05) is 13.9 Å². The molecule has 3 atom stereocenters. The third-order valence-corrected chi connectivity index (χ3v) is 4.59. The SMILES string of the molecule is COCOC1c2ccc(Br)cc2CC1C(C)CCC=O. The van der Waals surface area contributed by atoms with Crippen LogP contribution in [0.4, 0.5) is 0 Å². The quantitative estimate of drug-likeness (QED) is 0.557. The fourth-order valence-corrected chi connectivity index (χ4v) is 3.43. The molecule has 0 spiro atoms. The zero-order valence-electron chi connectivity index (χ0n) is 12.0. The first kappa shape index (κ1) is 15.7. The number of aldehydes is 1. The highest BCUT2D eigenvalue weighted by molar-refractivity contribution is 9.10. The van der Waals surface area contributed by atoms with E-state index in [4.69, 9.17) is 9.47 Å². The Labute approximate surface area is 128 Å². The Morgan fingerprint density at radius 3 is 3.00 bits per heavy atom. The van der Waals surface area contributed by atoms with Gasteiger partial charge >= 0.3 is 0 Å². The molecule has 0 saturated heterocycles. The Bertz CT molecular complexity index is 461. The van der Waals surface area contributed by atoms with Gasteiger partial charge in [0.1, 0.15) is 13.1 Å². The maximum atomic E-state index is 10.6. The van der Waals surface area contributed by atoms with Gasteiger partial charge in [-0.25, -0.2) is 0 Å². The van der Waals surface area contributed by atoms with E-state index in [9.17, 15) is 4.79 Å². The number of hydrogen-bond acceptors (Lipinski definition) is 3. The van der Waals surface area contributed by atoms with Crippen LogP contribution in [-0.4, -0.2) is 20.2 Å². The number of benzene rings is 1. The first-order chi connectivity index (χ1) is 9.67. The van der Waals surface area contributed by atoms with Crippen LogP contribution in [0.5, 0.6) is 0 Å². The second-order valence-electron chi connectivity index (χ2n) is 5.43. The Morgan fingerprint density at radius 2 is 2.30 bits per heavy atom. The summed E-state index contributed by atoms with van der Waals surface area (Å²) in [6, 6.07) is 6.36. The molecule has 110 valence electrons. The van der Waals surface area contributed by atoms with Gasteiger partial charge < -0.3 is 14.3 Å². The predicted octanol–water partition coefficient (Wildman–Crippen LogP) is 3.90. The molecule has 1 aliphatic carbocycles. The average Bonchev–Trinajstić information content (AvgIpc) is 2.80. The zero-order valence-corrected chi connectivity index (χ0v) is 13.6. The topological polar surface area (TPSA) is 35.5 Å². The molecule has 3 nitrogen and oxygen atoms in total. The number of fused-ring (bicyclic) bond motifs is 1. The van der Waals surface area contributed by atoms with Crippen molar-refractivity contribution in [3.63, 3.8) is 0 Å². The van der Waals surface area contributed by atoms with E-state index in [2.05, 4.69) is 41.1 Å². The highest BCUT2D eigenvalue weighted by atomic mass is 79.9. The van der Waals surface area contributed by atoms with Gasteiger partial charge in [-0.1, -0.05) is 28.9 Å². The van der Waals surface area contributed by atoms with Crippen LogP contribution in [-0.2, 0) is 20.7 Å². The molecule has 20 heavy (non-hydrogen) atoms. The minimum atomic E-state index is 0.0692. The summed E-state index contributed by atoms with van der Waals surface area (Å²) >= 11 is 3.52. The van der Waals surface area contributed by atoms with Crippen molar-refractivity contribution in [2.45, 2.75) is 32.3 Å². The molecule has 0 aliphatic heterocycles. The van der Waals surface area contributed by atoms with Gasteiger partial charge in [-0.2, -0.15) is 0 Å². The van der Waals surface area contributed by atoms with Crippen molar-refractivity contribution in [1.82, 2.24) is 0 Å². The summed E-state index contributed by atoms with van der Waals surface area (Å²) in [4.78, 5) is 10.6. The monoisotopic (exact) mass is 340 g/mol. The van der Waals surface area contributed by atoms with Gasteiger partial charge in [0.15, 0.2) is 0 Å². The van der Waals surface area contributed by atoms with Crippen LogP contribution in [0, 0.1) is 11.8 Å². The lowest BCUT2D eigenvalue weighted by molar-refractivity contribution is -0.109. The van der Waals surface area contributed by atoms with Gasteiger partial charge in [0.2, 0.25) is 0 Å². The second kappa shape index (κ2) is 7.34. The molecule has 0 aromatic heterocycles. The van der Waals surface area contributed by atoms with E-state index in [0.717, 1.165) is 23.6 Å². The summed E-state index contributed by atoms with van der Waals surface area (Å²) in [6.07, 6.45) is 3.61. The minimum Gasteiger partial charge on any atom is -0.359 e. The molecular formula is C16H21BrO3. The molecule has 0 saturated carbocycles. The standard InChI is InChI=1S/C16H21BrO3/c1-11(4-3-7-18)15-9-12-8-13(17)5-6-14(12)16(15)20-10-19-2/h5-8,11,15-16H,3-4,9-10H2,1-2H3. The van der Waals surface area contributed by atoms with Crippen LogP contribution < -0.4 is 0 Å². The normalized spacial score (nSPS) is 22.6. The van der Waals surface area contributed by atoms with Gasteiger partial charge in [0, 0.05) is 18.0 Å². The summed E-state index contributed by atoms with van der Waals surface area (Å²) < 4.78 is 12.1. The maximum absolute atomic E-state index is 10.6. The Kier molecular flexibility index (Phi) is 5.75. The van der Waals surface area contributed by atoms with Crippen molar-refractivity contribution in [1.29, 1.82) is 0 Å². The molecule has 0 radical (unpaired) electrons. The largest absolute Gasteiger partial charge is 0.359 e. The smallest absolute Gasteiger partial charge is 0.147 e. The van der Waals surface area contributed by atoms with Crippen LogP contribution in [0.1, 0.15) is 37.0 Å². The van der Waals surface area contributed by atoms with Crippen molar-refractivity contribution in [2.24, 2.45) is 11.8 Å². The highest BCUT2D eigenvalue weighted by Crippen LogP contribution is 2.44. The number of halogens is 1. The number of ether oxygens (including phenoxy) is 2.